The van der Waals surface area contributed by atoms with Gasteiger partial charge in [-0.2, -0.15) is 13.2 Å². The summed E-state index contributed by atoms with van der Waals surface area (Å²) in [4.78, 5) is 12.4. The van der Waals surface area contributed by atoms with Crippen LogP contribution in [0.5, 0.6) is 0 Å². The number of fused-ring (bicyclic) bond motifs is 3. The number of nitrogens with one attached hydrogen (secondary N) is 1. The molecule has 2 aromatic carbocycles. The summed E-state index contributed by atoms with van der Waals surface area (Å²) in [5, 5.41) is 3.26. The zero-order valence-corrected chi connectivity index (χ0v) is 15.3. The van der Waals surface area contributed by atoms with E-state index in [2.05, 4.69) is 5.32 Å². The van der Waals surface area contributed by atoms with Crippen LogP contribution in [0.4, 0.5) is 18.9 Å². The predicted molar refractivity (Wildman–Crippen MR) is 100 cm³/mol. The molecule has 1 aliphatic heterocycles. The third-order valence-corrected chi connectivity index (χ3v) is 5.49. The fourth-order valence-corrected chi connectivity index (χ4v) is 4.33. The minimum atomic E-state index is -4.44. The molecule has 0 saturated heterocycles. The summed E-state index contributed by atoms with van der Waals surface area (Å²) in [6, 6.07) is 10.5. The molecule has 0 bridgehead atoms. The van der Waals surface area contributed by atoms with Crippen molar-refractivity contribution in [2.45, 2.75) is 31.5 Å². The molecule has 3 nitrogen and oxygen atoms in total. The maximum absolute atomic E-state index is 13.6. The highest BCUT2D eigenvalue weighted by atomic mass is 19.4. The molecule has 0 saturated carbocycles. The molecule has 0 spiro atoms. The average Bonchev–Trinajstić information content (AvgIpc) is 3.16. The van der Waals surface area contributed by atoms with E-state index in [1.807, 2.05) is 18.2 Å². The molecule has 0 amide bonds. The smallest absolute Gasteiger partial charge is 0.416 e. The van der Waals surface area contributed by atoms with E-state index in [4.69, 9.17) is 4.74 Å². The minimum absolute atomic E-state index is 0.0445. The molecule has 0 unspecified atom stereocenters. The van der Waals surface area contributed by atoms with Gasteiger partial charge in [-0.25, -0.2) is 4.79 Å². The van der Waals surface area contributed by atoms with Gasteiger partial charge in [0, 0.05) is 5.92 Å². The van der Waals surface area contributed by atoms with Crippen LogP contribution in [0, 0.1) is 5.92 Å². The first-order chi connectivity index (χ1) is 13.4. The van der Waals surface area contributed by atoms with Gasteiger partial charge < -0.3 is 10.1 Å². The summed E-state index contributed by atoms with van der Waals surface area (Å²) in [6.07, 6.45) is 0.271. The molecule has 0 aromatic heterocycles. The number of carbonyl (C=O) groups excluding carboxylic acids is 1. The fourth-order valence-electron chi connectivity index (χ4n) is 4.33. The zero-order chi connectivity index (χ0) is 19.9. The Morgan fingerprint density at radius 1 is 1.14 bits per heavy atom. The first kappa shape index (κ1) is 18.6. The maximum Gasteiger partial charge on any atom is 0.416 e. The normalized spacial score (nSPS) is 22.9. The van der Waals surface area contributed by atoms with Crippen LogP contribution in [-0.2, 0) is 10.9 Å². The molecule has 0 radical (unpaired) electrons. The zero-order valence-electron chi connectivity index (χ0n) is 15.3. The second kappa shape index (κ2) is 7.00. The lowest BCUT2D eigenvalue weighted by molar-refractivity contribution is -0.138. The van der Waals surface area contributed by atoms with Crippen molar-refractivity contribution in [1.82, 2.24) is 0 Å². The van der Waals surface area contributed by atoms with Crippen molar-refractivity contribution in [2.75, 3.05) is 11.9 Å². The van der Waals surface area contributed by atoms with Gasteiger partial charge in [0.15, 0.2) is 0 Å². The van der Waals surface area contributed by atoms with Gasteiger partial charge in [-0.15, -0.1) is 0 Å². The van der Waals surface area contributed by atoms with Crippen molar-refractivity contribution in [3.8, 4) is 0 Å². The Morgan fingerprint density at radius 3 is 2.64 bits per heavy atom. The van der Waals surface area contributed by atoms with Crippen LogP contribution in [0.2, 0.25) is 0 Å². The summed E-state index contributed by atoms with van der Waals surface area (Å²) in [7, 11) is 0. The van der Waals surface area contributed by atoms with E-state index in [-0.39, 0.29) is 24.0 Å². The first-order valence-electron chi connectivity index (χ1n) is 9.31. The molecule has 1 aliphatic carbocycles. The van der Waals surface area contributed by atoms with Crippen LogP contribution >= 0.6 is 0 Å². The molecular formula is C22H20F3NO2. The highest BCUT2D eigenvalue weighted by Crippen LogP contribution is 2.52. The Morgan fingerprint density at radius 2 is 1.89 bits per heavy atom. The van der Waals surface area contributed by atoms with Crippen molar-refractivity contribution in [3.05, 3.63) is 76.9 Å². The number of allylic oxidation sites excluding steroid dienone is 2. The Hall–Kier alpha value is -2.76. The number of para-hydroxylation sites is 1. The van der Waals surface area contributed by atoms with Gasteiger partial charge in [0.2, 0.25) is 0 Å². The Kier molecular flexibility index (Phi) is 4.65. The number of rotatable bonds is 3. The van der Waals surface area contributed by atoms with Gasteiger partial charge in [0.1, 0.15) is 0 Å². The average molecular weight is 387 g/mol. The van der Waals surface area contributed by atoms with Crippen molar-refractivity contribution in [3.63, 3.8) is 0 Å². The van der Waals surface area contributed by atoms with Crippen LogP contribution in [0.3, 0.4) is 0 Å². The number of esters is 1. The van der Waals surface area contributed by atoms with E-state index in [0.29, 0.717) is 17.7 Å². The number of ether oxygens (including phenoxy) is 1. The molecular weight excluding hydrogens is 367 g/mol. The van der Waals surface area contributed by atoms with Crippen LogP contribution < -0.4 is 5.32 Å². The van der Waals surface area contributed by atoms with E-state index in [1.165, 1.54) is 12.1 Å². The monoisotopic (exact) mass is 387 g/mol. The standard InChI is InChI=1S/C22H20F3NO2/c1-2-28-21(27)17-11-6-10-15-13-8-5-9-14(13)19(26-20(15)17)16-7-3-4-12-18(16)22(23,24)25/h3-8,10-14,19,26H,2,9H2,1H3/t13-,14+,19-/m0/s1. The molecule has 4 rings (SSSR count). The summed E-state index contributed by atoms with van der Waals surface area (Å²) >= 11 is 0. The van der Waals surface area contributed by atoms with E-state index >= 15 is 0 Å². The minimum Gasteiger partial charge on any atom is -0.462 e. The number of hydrogen-bond acceptors (Lipinski definition) is 3. The van der Waals surface area contributed by atoms with E-state index in [1.54, 1.807) is 25.1 Å². The van der Waals surface area contributed by atoms with Crippen molar-refractivity contribution >= 4 is 11.7 Å². The molecule has 2 aromatic rings. The number of hydrogen-bond donors (Lipinski definition) is 1. The summed E-state index contributed by atoms with van der Waals surface area (Å²) in [5.74, 6) is -0.569. The van der Waals surface area contributed by atoms with E-state index < -0.39 is 23.8 Å². The summed E-state index contributed by atoms with van der Waals surface area (Å²) < 4.78 is 46.0. The van der Waals surface area contributed by atoms with E-state index in [0.717, 1.165) is 11.6 Å². The van der Waals surface area contributed by atoms with Crippen molar-refractivity contribution < 1.29 is 22.7 Å². The van der Waals surface area contributed by atoms with E-state index in [9.17, 15) is 18.0 Å². The summed E-state index contributed by atoms with van der Waals surface area (Å²) in [5.41, 5.74) is 1.40. The molecule has 1 heterocycles. The van der Waals surface area contributed by atoms with Crippen molar-refractivity contribution in [2.24, 2.45) is 5.92 Å². The lowest BCUT2D eigenvalue weighted by Gasteiger charge is -2.39. The fraction of sp³-hybridized carbons (Fsp3) is 0.318. The third kappa shape index (κ3) is 3.07. The molecule has 6 heteroatoms. The summed E-state index contributed by atoms with van der Waals surface area (Å²) in [6.45, 7) is 1.95. The lowest BCUT2D eigenvalue weighted by atomic mass is 9.75. The number of carbonyl (C=O) groups is 1. The first-order valence-corrected chi connectivity index (χ1v) is 9.31. The second-order valence-corrected chi connectivity index (χ2v) is 7.05. The Bertz CT molecular complexity index is 936. The van der Waals surface area contributed by atoms with Gasteiger partial charge >= 0.3 is 12.1 Å². The number of benzene rings is 2. The highest BCUT2D eigenvalue weighted by molar-refractivity contribution is 5.97. The highest BCUT2D eigenvalue weighted by Gasteiger charge is 2.43. The Labute approximate surface area is 161 Å². The van der Waals surface area contributed by atoms with Gasteiger partial charge in [0.05, 0.1) is 29.5 Å². The molecule has 0 fully saturated rings. The largest absolute Gasteiger partial charge is 0.462 e. The topological polar surface area (TPSA) is 38.3 Å². The molecule has 28 heavy (non-hydrogen) atoms. The maximum atomic E-state index is 13.6. The predicted octanol–water partition coefficient (Wildman–Crippen LogP) is 5.71. The SMILES string of the molecule is CCOC(=O)c1cccc2c1N[C@H](c1ccccc1C(F)(F)F)[C@@H]1CC=C[C@H]21. The Balaban J connectivity index is 1.84. The molecule has 2 aliphatic rings. The van der Waals surface area contributed by atoms with Gasteiger partial charge in [-0.3, -0.25) is 0 Å². The van der Waals surface area contributed by atoms with Crippen LogP contribution in [0.25, 0.3) is 0 Å². The van der Waals surface area contributed by atoms with Crippen LogP contribution in [0.15, 0.2) is 54.6 Å². The van der Waals surface area contributed by atoms with Gasteiger partial charge in [-0.1, -0.05) is 42.5 Å². The third-order valence-electron chi connectivity index (χ3n) is 5.49. The molecule has 146 valence electrons. The van der Waals surface area contributed by atoms with Gasteiger partial charge in [-0.05, 0) is 42.5 Å². The van der Waals surface area contributed by atoms with Crippen molar-refractivity contribution in [1.29, 1.82) is 0 Å². The quantitative estimate of drug-likeness (QED) is 0.542. The van der Waals surface area contributed by atoms with Crippen LogP contribution in [0.1, 0.15) is 52.4 Å². The number of alkyl halides is 3. The second-order valence-electron chi connectivity index (χ2n) is 7.05. The number of anilines is 1. The van der Waals surface area contributed by atoms with Crippen LogP contribution in [-0.4, -0.2) is 12.6 Å². The lowest BCUT2D eigenvalue weighted by Crippen LogP contribution is -2.32. The number of halogens is 3. The molecule has 3 atom stereocenters. The molecule has 1 N–H and O–H groups in total. The van der Waals surface area contributed by atoms with Gasteiger partial charge in [0.25, 0.3) is 0 Å².